The molecule has 0 bridgehead atoms. The molecule has 0 aliphatic heterocycles. The van der Waals surface area contributed by atoms with Crippen LogP contribution in [0.25, 0.3) is 0 Å². The smallest absolute Gasteiger partial charge is 0.111 e. The molecule has 0 aromatic heterocycles. The molecule has 0 heterocycles. The largest absolute Gasteiger partial charge is 0.550 e. The molecular weight excluding hydrogens is 326 g/mol. The summed E-state index contributed by atoms with van der Waals surface area (Å²) in [5.74, 6) is -0.988. The fourth-order valence-corrected chi connectivity index (χ4v) is 3.90. The second-order valence-corrected chi connectivity index (χ2v) is 9.08. The van der Waals surface area contributed by atoms with Crippen molar-refractivity contribution in [3.8, 4) is 0 Å². The number of carboxylic acids is 1. The molecule has 0 radical (unpaired) electrons. The first-order valence-electron chi connectivity index (χ1n) is 10.9. The Labute approximate surface area is 162 Å². The van der Waals surface area contributed by atoms with Crippen LogP contribution in [0.3, 0.4) is 0 Å². The van der Waals surface area contributed by atoms with Crippen LogP contribution in [0.5, 0.6) is 0 Å². The van der Waals surface area contributed by atoms with Crippen LogP contribution in [0.4, 0.5) is 0 Å². The molecule has 0 fully saturated rings. The number of nitrogens with zero attached hydrogens (tertiary/aromatic N) is 1. The summed E-state index contributed by atoms with van der Waals surface area (Å²) in [4.78, 5) is 10.5. The number of aliphatic hydroxyl groups is 1. The predicted molar refractivity (Wildman–Crippen MR) is 108 cm³/mol. The lowest BCUT2D eigenvalue weighted by atomic mass is 9.96. The second kappa shape index (κ2) is 14.4. The van der Waals surface area contributed by atoms with E-state index in [0.29, 0.717) is 17.4 Å². The number of hydrogen-bond donors (Lipinski definition) is 1. The highest BCUT2D eigenvalue weighted by molar-refractivity contribution is 5.64. The van der Waals surface area contributed by atoms with Crippen molar-refractivity contribution in [2.24, 2.45) is 0 Å². The molecule has 1 N–H and O–H groups in total. The minimum atomic E-state index is -0.988. The van der Waals surface area contributed by atoms with Crippen LogP contribution < -0.4 is 5.11 Å². The minimum Gasteiger partial charge on any atom is -0.550 e. The zero-order valence-electron chi connectivity index (χ0n) is 18.0. The highest BCUT2D eigenvalue weighted by Crippen LogP contribution is 2.20. The zero-order valence-corrected chi connectivity index (χ0v) is 18.0. The first-order valence-corrected chi connectivity index (χ1v) is 10.9. The van der Waals surface area contributed by atoms with Crippen molar-refractivity contribution in [1.82, 2.24) is 0 Å². The molecule has 0 aliphatic carbocycles. The Morgan fingerprint density at radius 1 is 0.885 bits per heavy atom. The number of aliphatic carboxylic acids is 1. The Morgan fingerprint density at radius 3 is 1.81 bits per heavy atom. The highest BCUT2D eigenvalue weighted by Gasteiger charge is 2.29. The van der Waals surface area contributed by atoms with E-state index in [1.807, 2.05) is 6.92 Å². The highest BCUT2D eigenvalue weighted by atomic mass is 16.4. The van der Waals surface area contributed by atoms with Crippen molar-refractivity contribution in [3.63, 3.8) is 0 Å². The molecule has 4 heteroatoms. The van der Waals surface area contributed by atoms with E-state index in [1.165, 1.54) is 64.2 Å². The van der Waals surface area contributed by atoms with Crippen LogP contribution in [-0.4, -0.2) is 48.3 Å². The van der Waals surface area contributed by atoms with Gasteiger partial charge in [-0.05, 0) is 19.8 Å². The average Bonchev–Trinajstić information content (AvgIpc) is 2.50. The Kier molecular flexibility index (Phi) is 14.1. The lowest BCUT2D eigenvalue weighted by Crippen LogP contribution is -2.51. The van der Waals surface area contributed by atoms with E-state index in [1.54, 1.807) is 0 Å². The number of carbonyl (C=O) groups excluding carboxylic acids is 1. The van der Waals surface area contributed by atoms with Gasteiger partial charge in [-0.15, -0.1) is 0 Å². The van der Waals surface area contributed by atoms with Gasteiger partial charge in [0.05, 0.1) is 20.6 Å². The van der Waals surface area contributed by atoms with E-state index in [0.717, 1.165) is 19.4 Å². The van der Waals surface area contributed by atoms with Crippen molar-refractivity contribution in [3.05, 3.63) is 0 Å². The Bertz CT molecular complexity index is 353. The van der Waals surface area contributed by atoms with Gasteiger partial charge in [0.15, 0.2) is 0 Å². The molecule has 1 unspecified atom stereocenters. The summed E-state index contributed by atoms with van der Waals surface area (Å²) in [5.41, 5.74) is -0.676. The van der Waals surface area contributed by atoms with Gasteiger partial charge in [-0.2, -0.15) is 0 Å². The SMILES string of the molecule is CCCCCCCCCCCCCC(C)(O)C[N+](C)(C)CCCC(=O)[O-]. The van der Waals surface area contributed by atoms with Gasteiger partial charge in [0.25, 0.3) is 0 Å². The summed E-state index contributed by atoms with van der Waals surface area (Å²) in [5, 5.41) is 21.2. The lowest BCUT2D eigenvalue weighted by molar-refractivity contribution is -0.896. The maximum absolute atomic E-state index is 10.7. The van der Waals surface area contributed by atoms with Crippen LogP contribution in [0.2, 0.25) is 0 Å². The van der Waals surface area contributed by atoms with Gasteiger partial charge in [-0.3, -0.25) is 0 Å². The van der Waals surface area contributed by atoms with Crippen molar-refractivity contribution in [2.45, 2.75) is 109 Å². The Balaban J connectivity index is 3.68. The number of hydrogen-bond acceptors (Lipinski definition) is 3. The molecule has 156 valence electrons. The second-order valence-electron chi connectivity index (χ2n) is 9.08. The van der Waals surface area contributed by atoms with E-state index < -0.39 is 11.6 Å². The minimum absolute atomic E-state index is 0.0996. The Morgan fingerprint density at radius 2 is 1.35 bits per heavy atom. The number of unbranched alkanes of at least 4 members (excludes halogenated alkanes) is 10. The van der Waals surface area contributed by atoms with Crippen LogP contribution in [0, 0.1) is 0 Å². The molecule has 0 aromatic rings. The quantitative estimate of drug-likeness (QED) is 0.292. The van der Waals surface area contributed by atoms with Crippen LogP contribution in [0.1, 0.15) is 104 Å². The summed E-state index contributed by atoms with van der Waals surface area (Å²) in [6, 6.07) is 0. The van der Waals surface area contributed by atoms with Crippen molar-refractivity contribution < 1.29 is 19.5 Å². The normalized spacial score (nSPS) is 14.3. The van der Waals surface area contributed by atoms with E-state index in [9.17, 15) is 15.0 Å². The summed E-state index contributed by atoms with van der Waals surface area (Å²) in [7, 11) is 4.12. The van der Waals surface area contributed by atoms with Gasteiger partial charge in [0, 0.05) is 12.4 Å². The predicted octanol–water partition coefficient (Wildman–Crippen LogP) is 4.05. The summed E-state index contributed by atoms with van der Waals surface area (Å²) in [6.45, 7) is 5.59. The molecule has 0 spiro atoms. The van der Waals surface area contributed by atoms with Gasteiger partial charge in [0.1, 0.15) is 12.1 Å². The topological polar surface area (TPSA) is 60.4 Å². The number of rotatable bonds is 18. The number of quaternary nitrogens is 1. The van der Waals surface area contributed by atoms with Crippen LogP contribution in [-0.2, 0) is 4.79 Å². The third-order valence-corrected chi connectivity index (χ3v) is 5.23. The van der Waals surface area contributed by atoms with Crippen LogP contribution >= 0.6 is 0 Å². The molecule has 0 saturated carbocycles. The van der Waals surface area contributed by atoms with Gasteiger partial charge >= 0.3 is 0 Å². The maximum Gasteiger partial charge on any atom is 0.111 e. The average molecular weight is 372 g/mol. The molecule has 0 aromatic carbocycles. The van der Waals surface area contributed by atoms with Crippen molar-refractivity contribution in [2.75, 3.05) is 27.2 Å². The van der Waals surface area contributed by atoms with Gasteiger partial charge < -0.3 is 19.5 Å². The first-order chi connectivity index (χ1) is 12.2. The molecule has 26 heavy (non-hydrogen) atoms. The van der Waals surface area contributed by atoms with Crippen molar-refractivity contribution in [1.29, 1.82) is 0 Å². The fraction of sp³-hybridized carbons (Fsp3) is 0.955. The summed E-state index contributed by atoms with van der Waals surface area (Å²) >= 11 is 0. The number of carbonyl (C=O) groups is 1. The lowest BCUT2D eigenvalue weighted by Gasteiger charge is -2.36. The number of carboxylic acid groups (broad SMARTS) is 1. The molecule has 4 nitrogen and oxygen atoms in total. The van der Waals surface area contributed by atoms with E-state index in [2.05, 4.69) is 21.0 Å². The molecule has 0 amide bonds. The van der Waals surface area contributed by atoms with E-state index >= 15 is 0 Å². The zero-order chi connectivity index (χ0) is 19.9. The molecule has 0 rings (SSSR count). The van der Waals surface area contributed by atoms with Crippen LogP contribution in [0.15, 0.2) is 0 Å². The standard InChI is InChI=1S/C22H45NO3/c1-5-6-7-8-9-10-11-12-13-14-15-18-22(2,26)20-23(3,4)19-16-17-21(24)25/h26H,5-20H2,1-4H3. The van der Waals surface area contributed by atoms with Crippen molar-refractivity contribution >= 4 is 5.97 Å². The maximum atomic E-state index is 10.7. The van der Waals surface area contributed by atoms with Gasteiger partial charge in [-0.25, -0.2) is 0 Å². The third-order valence-electron chi connectivity index (χ3n) is 5.23. The third kappa shape index (κ3) is 16.8. The van der Waals surface area contributed by atoms with Gasteiger partial charge in [-0.1, -0.05) is 77.6 Å². The summed E-state index contributed by atoms with van der Waals surface area (Å²) in [6.07, 6.45) is 16.0. The molecule has 0 aliphatic rings. The Hall–Kier alpha value is -0.610. The van der Waals surface area contributed by atoms with E-state index in [4.69, 9.17) is 0 Å². The molecule has 1 atom stereocenters. The fourth-order valence-electron chi connectivity index (χ4n) is 3.90. The summed E-state index contributed by atoms with van der Waals surface area (Å²) < 4.78 is 0.651. The number of likely N-dealkylation sites (N-methyl/N-ethyl adjacent to an activating group) is 1. The van der Waals surface area contributed by atoms with E-state index in [-0.39, 0.29) is 6.42 Å². The molecule has 0 saturated heterocycles. The monoisotopic (exact) mass is 371 g/mol. The first kappa shape index (κ1) is 25.4. The van der Waals surface area contributed by atoms with Gasteiger partial charge in [0.2, 0.25) is 0 Å². The molecular formula is C22H45NO3.